The lowest BCUT2D eigenvalue weighted by Crippen LogP contribution is -2.34. The van der Waals surface area contributed by atoms with E-state index in [-0.39, 0.29) is 0 Å². The van der Waals surface area contributed by atoms with E-state index in [9.17, 15) is 4.79 Å². The first kappa shape index (κ1) is 21.4. The summed E-state index contributed by atoms with van der Waals surface area (Å²) in [5, 5.41) is 3.17. The molecule has 0 spiro atoms. The number of hydrogen-bond donors (Lipinski definition) is 1. The summed E-state index contributed by atoms with van der Waals surface area (Å²) in [6.07, 6.45) is 14.3. The van der Waals surface area contributed by atoms with Gasteiger partial charge in [-0.15, -0.1) is 0 Å². The molecule has 0 heterocycles. The number of amides is 1. The number of carbonyl (C=O) groups excluding carboxylic acids is 1. The van der Waals surface area contributed by atoms with Crippen molar-refractivity contribution in [3.63, 3.8) is 0 Å². The zero-order valence-corrected chi connectivity index (χ0v) is 15.5. The second-order valence-electron chi connectivity index (χ2n) is 6.42. The van der Waals surface area contributed by atoms with Crippen LogP contribution in [-0.4, -0.2) is 37.5 Å². The van der Waals surface area contributed by atoms with Crippen molar-refractivity contribution in [1.82, 2.24) is 10.2 Å². The molecule has 0 aromatic rings. The third-order valence-corrected chi connectivity index (χ3v) is 4.23. The molecule has 3 heteroatoms. The number of nitrogens with one attached hydrogen (secondary N) is 1. The molecule has 1 amide bonds. The normalized spacial score (nSPS) is 10.9. The number of carbonyl (C=O) groups is 1. The van der Waals surface area contributed by atoms with Crippen LogP contribution in [0.3, 0.4) is 0 Å². The predicted molar refractivity (Wildman–Crippen MR) is 97.3 cm³/mol. The van der Waals surface area contributed by atoms with Crippen LogP contribution in [0.5, 0.6) is 0 Å². The molecule has 0 fully saturated rings. The lowest BCUT2D eigenvalue weighted by molar-refractivity contribution is -0.131. The average molecular weight is 313 g/mol. The standard InChI is InChI=1S/C19H40N2O/c1-4-6-8-10-12-15-19(22)21(18-14-16-20-3)17-13-11-9-7-5-2/h20H,4-18H2,1-3H3. The third-order valence-electron chi connectivity index (χ3n) is 4.23. The monoisotopic (exact) mass is 312 g/mol. The van der Waals surface area contributed by atoms with Crippen molar-refractivity contribution in [2.45, 2.75) is 90.9 Å². The Morgan fingerprint density at radius 2 is 1.32 bits per heavy atom. The van der Waals surface area contributed by atoms with Gasteiger partial charge in [0.05, 0.1) is 0 Å². The Balaban J connectivity index is 3.94. The second-order valence-corrected chi connectivity index (χ2v) is 6.42. The van der Waals surface area contributed by atoms with E-state index in [1.807, 2.05) is 7.05 Å². The lowest BCUT2D eigenvalue weighted by atomic mass is 10.1. The minimum atomic E-state index is 0.378. The van der Waals surface area contributed by atoms with Crippen molar-refractivity contribution in [2.75, 3.05) is 26.7 Å². The van der Waals surface area contributed by atoms with E-state index < -0.39 is 0 Å². The van der Waals surface area contributed by atoms with Gasteiger partial charge in [0.1, 0.15) is 0 Å². The Morgan fingerprint density at radius 1 is 0.773 bits per heavy atom. The van der Waals surface area contributed by atoms with Gasteiger partial charge >= 0.3 is 0 Å². The first-order valence-electron chi connectivity index (χ1n) is 9.68. The molecule has 0 bridgehead atoms. The summed E-state index contributed by atoms with van der Waals surface area (Å²) in [5.74, 6) is 0.378. The third kappa shape index (κ3) is 13.1. The fraction of sp³-hybridized carbons (Fsp3) is 0.947. The van der Waals surface area contributed by atoms with Crippen LogP contribution in [0.25, 0.3) is 0 Å². The summed E-state index contributed by atoms with van der Waals surface area (Å²) in [6.45, 7) is 7.35. The Morgan fingerprint density at radius 3 is 1.91 bits per heavy atom. The molecule has 0 aliphatic heterocycles. The van der Waals surface area contributed by atoms with E-state index in [0.717, 1.165) is 38.9 Å². The Bertz CT molecular complexity index is 244. The van der Waals surface area contributed by atoms with Crippen molar-refractivity contribution in [1.29, 1.82) is 0 Å². The molecule has 0 saturated carbocycles. The van der Waals surface area contributed by atoms with Gasteiger partial charge in [0, 0.05) is 19.5 Å². The van der Waals surface area contributed by atoms with Gasteiger partial charge < -0.3 is 10.2 Å². The number of rotatable bonds is 16. The summed E-state index contributed by atoms with van der Waals surface area (Å²) < 4.78 is 0. The maximum absolute atomic E-state index is 12.4. The number of hydrogen-bond acceptors (Lipinski definition) is 2. The molecule has 1 N–H and O–H groups in total. The van der Waals surface area contributed by atoms with E-state index in [1.54, 1.807) is 0 Å². The van der Waals surface area contributed by atoms with Crippen LogP contribution in [0.1, 0.15) is 90.9 Å². The molecule has 22 heavy (non-hydrogen) atoms. The Labute approximate surface area is 139 Å². The minimum absolute atomic E-state index is 0.378. The molecule has 0 atom stereocenters. The molecule has 0 aromatic carbocycles. The quantitative estimate of drug-likeness (QED) is 0.417. The number of nitrogens with zero attached hydrogens (tertiary/aromatic N) is 1. The van der Waals surface area contributed by atoms with Crippen LogP contribution < -0.4 is 5.32 Å². The van der Waals surface area contributed by atoms with Crippen LogP contribution in [0, 0.1) is 0 Å². The summed E-state index contributed by atoms with van der Waals surface area (Å²) in [5.41, 5.74) is 0. The fourth-order valence-corrected chi connectivity index (χ4v) is 2.75. The SMILES string of the molecule is CCCCCCCC(=O)N(CCCCCCC)CCCNC. The zero-order chi connectivity index (χ0) is 16.5. The van der Waals surface area contributed by atoms with E-state index in [1.165, 1.54) is 57.8 Å². The zero-order valence-electron chi connectivity index (χ0n) is 15.5. The van der Waals surface area contributed by atoms with Gasteiger partial charge in [0.15, 0.2) is 0 Å². The molecule has 0 aromatic heterocycles. The van der Waals surface area contributed by atoms with Crippen molar-refractivity contribution in [3.8, 4) is 0 Å². The van der Waals surface area contributed by atoms with Crippen molar-refractivity contribution in [3.05, 3.63) is 0 Å². The molecule has 0 unspecified atom stereocenters. The van der Waals surface area contributed by atoms with E-state index in [2.05, 4.69) is 24.1 Å². The van der Waals surface area contributed by atoms with E-state index in [4.69, 9.17) is 0 Å². The van der Waals surface area contributed by atoms with Gasteiger partial charge in [0.2, 0.25) is 5.91 Å². The topological polar surface area (TPSA) is 32.3 Å². The first-order chi connectivity index (χ1) is 10.8. The summed E-state index contributed by atoms with van der Waals surface area (Å²) >= 11 is 0. The highest BCUT2D eigenvalue weighted by atomic mass is 16.2. The maximum atomic E-state index is 12.4. The Hall–Kier alpha value is -0.570. The van der Waals surface area contributed by atoms with Crippen LogP contribution in [0.15, 0.2) is 0 Å². The first-order valence-corrected chi connectivity index (χ1v) is 9.68. The van der Waals surface area contributed by atoms with Crippen LogP contribution in [0.4, 0.5) is 0 Å². The van der Waals surface area contributed by atoms with Gasteiger partial charge in [-0.2, -0.15) is 0 Å². The second kappa shape index (κ2) is 16.8. The van der Waals surface area contributed by atoms with Crippen molar-refractivity contribution >= 4 is 5.91 Å². The number of unbranched alkanes of at least 4 members (excludes halogenated alkanes) is 8. The fourth-order valence-electron chi connectivity index (χ4n) is 2.75. The lowest BCUT2D eigenvalue weighted by Gasteiger charge is -2.23. The van der Waals surface area contributed by atoms with Gasteiger partial charge in [-0.3, -0.25) is 4.79 Å². The largest absolute Gasteiger partial charge is 0.343 e. The molecule has 132 valence electrons. The molecule has 0 radical (unpaired) electrons. The summed E-state index contributed by atoms with van der Waals surface area (Å²) in [7, 11) is 1.98. The molecule has 0 rings (SSSR count). The van der Waals surface area contributed by atoms with Crippen molar-refractivity contribution < 1.29 is 4.79 Å². The summed E-state index contributed by atoms with van der Waals surface area (Å²) in [6, 6.07) is 0. The smallest absolute Gasteiger partial charge is 0.222 e. The highest BCUT2D eigenvalue weighted by Crippen LogP contribution is 2.09. The molecular weight excluding hydrogens is 272 g/mol. The minimum Gasteiger partial charge on any atom is -0.343 e. The summed E-state index contributed by atoms with van der Waals surface area (Å²) in [4.78, 5) is 14.5. The van der Waals surface area contributed by atoms with Crippen LogP contribution in [-0.2, 0) is 4.79 Å². The van der Waals surface area contributed by atoms with Crippen LogP contribution >= 0.6 is 0 Å². The molecule has 0 aliphatic rings. The highest BCUT2D eigenvalue weighted by Gasteiger charge is 2.12. The van der Waals surface area contributed by atoms with E-state index >= 15 is 0 Å². The van der Waals surface area contributed by atoms with Gasteiger partial charge in [-0.1, -0.05) is 65.2 Å². The van der Waals surface area contributed by atoms with Crippen LogP contribution in [0.2, 0.25) is 0 Å². The van der Waals surface area contributed by atoms with E-state index in [0.29, 0.717) is 5.91 Å². The highest BCUT2D eigenvalue weighted by molar-refractivity contribution is 5.76. The Kier molecular flexibility index (Phi) is 16.4. The molecule has 0 saturated heterocycles. The van der Waals surface area contributed by atoms with Gasteiger partial charge in [0.25, 0.3) is 0 Å². The van der Waals surface area contributed by atoms with Gasteiger partial charge in [-0.25, -0.2) is 0 Å². The molecular formula is C19H40N2O. The molecule has 0 aliphatic carbocycles. The van der Waals surface area contributed by atoms with Gasteiger partial charge in [-0.05, 0) is 32.9 Å². The average Bonchev–Trinajstić information content (AvgIpc) is 2.52. The predicted octanol–water partition coefficient (Wildman–Crippen LogP) is 4.76. The maximum Gasteiger partial charge on any atom is 0.222 e. The molecule has 3 nitrogen and oxygen atoms in total. The van der Waals surface area contributed by atoms with Crippen molar-refractivity contribution in [2.24, 2.45) is 0 Å².